The second-order valence-corrected chi connectivity index (χ2v) is 3.92. The van der Waals surface area contributed by atoms with Crippen molar-refractivity contribution in [1.29, 1.82) is 0 Å². The zero-order valence-electron chi connectivity index (χ0n) is 8.07. The molecule has 0 amide bonds. The van der Waals surface area contributed by atoms with Crippen molar-refractivity contribution in [1.82, 2.24) is 0 Å². The van der Waals surface area contributed by atoms with Crippen LogP contribution in [0.1, 0.15) is 17.9 Å². The molecule has 1 heterocycles. The fraction of sp³-hybridized carbons (Fsp3) is 0.455. The molecule has 0 spiro atoms. The monoisotopic (exact) mass is 212 g/mol. The van der Waals surface area contributed by atoms with E-state index >= 15 is 0 Å². The quantitative estimate of drug-likeness (QED) is 0.751. The maximum absolute atomic E-state index is 5.82. The van der Waals surface area contributed by atoms with Gasteiger partial charge in [-0.3, -0.25) is 0 Å². The first-order valence-electron chi connectivity index (χ1n) is 4.69. The molecule has 14 heavy (non-hydrogen) atoms. The Hall–Kier alpha value is -0.570. The van der Waals surface area contributed by atoms with Crippen molar-refractivity contribution in [3.8, 4) is 0 Å². The molecular formula is C11H13ClO2. The van der Waals surface area contributed by atoms with E-state index in [9.17, 15) is 0 Å². The highest BCUT2D eigenvalue weighted by atomic mass is 35.5. The van der Waals surface area contributed by atoms with Crippen LogP contribution in [0.3, 0.4) is 0 Å². The van der Waals surface area contributed by atoms with Gasteiger partial charge < -0.3 is 9.47 Å². The average Bonchev–Trinajstić information content (AvgIpc) is 2.67. The van der Waals surface area contributed by atoms with Crippen LogP contribution in [0.4, 0.5) is 0 Å². The van der Waals surface area contributed by atoms with Crippen LogP contribution in [-0.4, -0.2) is 20.0 Å². The predicted octanol–water partition coefficient (Wildman–Crippen LogP) is 2.82. The first-order chi connectivity index (χ1) is 6.79. The fourth-order valence-electron chi connectivity index (χ4n) is 1.72. The lowest BCUT2D eigenvalue weighted by Crippen LogP contribution is -2.06. The molecule has 2 rings (SSSR count). The Balaban J connectivity index is 2.06. The maximum Gasteiger partial charge on any atom is 0.157 e. The van der Waals surface area contributed by atoms with Crippen molar-refractivity contribution in [3.05, 3.63) is 34.9 Å². The molecule has 0 aliphatic carbocycles. The highest BCUT2D eigenvalue weighted by Crippen LogP contribution is 2.30. The van der Waals surface area contributed by atoms with Crippen LogP contribution >= 0.6 is 11.6 Å². The van der Waals surface area contributed by atoms with Gasteiger partial charge in [0.15, 0.2) is 6.29 Å². The van der Waals surface area contributed by atoms with Crippen LogP contribution in [0, 0.1) is 0 Å². The van der Waals surface area contributed by atoms with Crippen LogP contribution in [0.2, 0.25) is 5.02 Å². The summed E-state index contributed by atoms with van der Waals surface area (Å²) in [6.07, 6.45) is 0.883. The molecule has 1 aromatic carbocycles. The van der Waals surface area contributed by atoms with Gasteiger partial charge in [-0.2, -0.15) is 0 Å². The van der Waals surface area contributed by atoms with E-state index in [1.54, 1.807) is 7.11 Å². The molecule has 1 aliphatic rings. The van der Waals surface area contributed by atoms with Crippen molar-refractivity contribution in [2.75, 3.05) is 13.7 Å². The van der Waals surface area contributed by atoms with Crippen LogP contribution in [0.15, 0.2) is 24.3 Å². The van der Waals surface area contributed by atoms with Gasteiger partial charge in [-0.15, -0.1) is 0 Å². The summed E-state index contributed by atoms with van der Waals surface area (Å²) in [5.41, 5.74) is 1.27. The lowest BCUT2D eigenvalue weighted by atomic mass is 9.98. The summed E-state index contributed by atoms with van der Waals surface area (Å²) >= 11 is 5.82. The van der Waals surface area contributed by atoms with Gasteiger partial charge in [-0.25, -0.2) is 0 Å². The molecule has 0 unspecified atom stereocenters. The minimum absolute atomic E-state index is 0.0457. The number of halogens is 1. The van der Waals surface area contributed by atoms with Crippen LogP contribution in [0.5, 0.6) is 0 Å². The van der Waals surface area contributed by atoms with E-state index in [1.807, 2.05) is 12.1 Å². The molecule has 2 atom stereocenters. The standard InChI is InChI=1S/C11H13ClO2/c1-13-11-6-9(7-14-11)8-2-4-10(12)5-3-8/h2-5,9,11H,6-7H2,1H3/t9-,11+/m0/s1. The van der Waals surface area contributed by atoms with Crippen molar-refractivity contribution >= 4 is 11.6 Å². The Bertz CT molecular complexity index is 297. The Kier molecular flexibility index (Phi) is 3.06. The first kappa shape index (κ1) is 9.97. The van der Waals surface area contributed by atoms with E-state index in [-0.39, 0.29) is 6.29 Å². The molecule has 1 fully saturated rings. The molecule has 0 aromatic heterocycles. The summed E-state index contributed by atoms with van der Waals surface area (Å²) in [7, 11) is 1.68. The van der Waals surface area contributed by atoms with Gasteiger partial charge in [0.25, 0.3) is 0 Å². The van der Waals surface area contributed by atoms with E-state index < -0.39 is 0 Å². The van der Waals surface area contributed by atoms with Gasteiger partial charge in [0.05, 0.1) is 6.61 Å². The number of benzene rings is 1. The minimum atomic E-state index is -0.0457. The van der Waals surface area contributed by atoms with Crippen molar-refractivity contribution in [3.63, 3.8) is 0 Å². The summed E-state index contributed by atoms with van der Waals surface area (Å²) in [6.45, 7) is 0.736. The molecule has 1 saturated heterocycles. The molecular weight excluding hydrogens is 200 g/mol. The minimum Gasteiger partial charge on any atom is -0.356 e. The van der Waals surface area contributed by atoms with E-state index in [1.165, 1.54) is 5.56 Å². The third kappa shape index (κ3) is 2.08. The van der Waals surface area contributed by atoms with Gasteiger partial charge in [-0.1, -0.05) is 23.7 Å². The largest absolute Gasteiger partial charge is 0.356 e. The summed E-state index contributed by atoms with van der Waals surface area (Å²) in [6, 6.07) is 7.93. The molecule has 1 aromatic rings. The maximum atomic E-state index is 5.82. The van der Waals surface area contributed by atoms with Crippen LogP contribution in [0.25, 0.3) is 0 Å². The number of rotatable bonds is 2. The van der Waals surface area contributed by atoms with Crippen LogP contribution < -0.4 is 0 Å². The highest BCUT2D eigenvalue weighted by molar-refractivity contribution is 6.30. The summed E-state index contributed by atoms with van der Waals surface area (Å²) in [5, 5.41) is 0.774. The smallest absolute Gasteiger partial charge is 0.157 e. The average molecular weight is 213 g/mol. The summed E-state index contributed by atoms with van der Waals surface area (Å²) < 4.78 is 10.6. The number of hydrogen-bond acceptors (Lipinski definition) is 2. The number of methoxy groups -OCH3 is 1. The molecule has 3 heteroatoms. The Morgan fingerprint density at radius 1 is 1.36 bits per heavy atom. The lowest BCUT2D eigenvalue weighted by molar-refractivity contribution is -0.0880. The van der Waals surface area contributed by atoms with Crippen molar-refractivity contribution in [2.24, 2.45) is 0 Å². The third-order valence-electron chi connectivity index (χ3n) is 2.56. The van der Waals surface area contributed by atoms with Crippen molar-refractivity contribution in [2.45, 2.75) is 18.6 Å². The summed E-state index contributed by atoms with van der Waals surface area (Å²) in [4.78, 5) is 0. The van der Waals surface area contributed by atoms with E-state index in [4.69, 9.17) is 21.1 Å². The van der Waals surface area contributed by atoms with E-state index in [2.05, 4.69) is 12.1 Å². The number of hydrogen-bond donors (Lipinski definition) is 0. The topological polar surface area (TPSA) is 18.5 Å². The Morgan fingerprint density at radius 3 is 2.64 bits per heavy atom. The Morgan fingerprint density at radius 2 is 2.07 bits per heavy atom. The highest BCUT2D eigenvalue weighted by Gasteiger charge is 2.26. The second-order valence-electron chi connectivity index (χ2n) is 3.48. The summed E-state index contributed by atoms with van der Waals surface area (Å²) in [5.74, 6) is 0.442. The van der Waals surface area contributed by atoms with Gasteiger partial charge in [0, 0.05) is 24.5 Å². The lowest BCUT2D eigenvalue weighted by Gasteiger charge is -2.07. The molecule has 0 bridgehead atoms. The Labute approximate surface area is 88.8 Å². The molecule has 1 aliphatic heterocycles. The van der Waals surface area contributed by atoms with Gasteiger partial charge in [0.1, 0.15) is 0 Å². The van der Waals surface area contributed by atoms with E-state index in [0.717, 1.165) is 18.1 Å². The molecule has 2 nitrogen and oxygen atoms in total. The predicted molar refractivity (Wildman–Crippen MR) is 55.6 cm³/mol. The second kappa shape index (κ2) is 4.30. The SMILES string of the molecule is CO[C@H]1C[C@H](c2ccc(Cl)cc2)CO1. The number of ether oxygens (including phenoxy) is 2. The zero-order valence-corrected chi connectivity index (χ0v) is 8.83. The fourth-order valence-corrected chi connectivity index (χ4v) is 1.85. The van der Waals surface area contributed by atoms with Gasteiger partial charge in [-0.05, 0) is 17.7 Å². The van der Waals surface area contributed by atoms with Gasteiger partial charge >= 0.3 is 0 Å². The molecule has 0 radical (unpaired) electrons. The molecule has 76 valence electrons. The zero-order chi connectivity index (χ0) is 9.97. The molecule has 0 saturated carbocycles. The van der Waals surface area contributed by atoms with E-state index in [0.29, 0.717) is 5.92 Å². The first-order valence-corrected chi connectivity index (χ1v) is 5.07. The normalized spacial score (nSPS) is 26.7. The van der Waals surface area contributed by atoms with Crippen molar-refractivity contribution < 1.29 is 9.47 Å². The third-order valence-corrected chi connectivity index (χ3v) is 2.82. The van der Waals surface area contributed by atoms with Gasteiger partial charge in [0.2, 0.25) is 0 Å². The molecule has 0 N–H and O–H groups in total. The van der Waals surface area contributed by atoms with Crippen LogP contribution in [-0.2, 0) is 9.47 Å².